The Kier molecular flexibility index (Phi) is 5.80. The summed E-state index contributed by atoms with van der Waals surface area (Å²) in [5.41, 5.74) is 4.92. The van der Waals surface area contributed by atoms with Gasteiger partial charge < -0.3 is 9.74 Å². The number of nitrogens with zero attached hydrogens (tertiary/aromatic N) is 3. The summed E-state index contributed by atoms with van der Waals surface area (Å²) in [6.07, 6.45) is 2.04. The van der Waals surface area contributed by atoms with Crippen LogP contribution in [-0.2, 0) is 4.84 Å². The van der Waals surface area contributed by atoms with Gasteiger partial charge in [-0.15, -0.1) is 0 Å². The number of aliphatic imine (C=N–C) groups is 1. The van der Waals surface area contributed by atoms with Gasteiger partial charge in [0.15, 0.2) is 6.10 Å². The average Bonchev–Trinajstić information content (AvgIpc) is 3.11. The molecule has 1 atom stereocenters. The molecule has 2 aromatic rings. The largest absolute Gasteiger partial charge is 0.387 e. The van der Waals surface area contributed by atoms with Crippen molar-refractivity contribution in [2.45, 2.75) is 33.3 Å². The number of rotatable bonds is 5. The SMILES string of the molecule is CCN(C)/C=N\c1cc(C)c(C2CC(c3c(F)cccc3Cl)=NO2)cc1C. The van der Waals surface area contributed by atoms with Crippen LogP contribution in [0.2, 0.25) is 5.02 Å². The van der Waals surface area contributed by atoms with E-state index >= 15 is 0 Å². The van der Waals surface area contributed by atoms with Gasteiger partial charge in [0, 0.05) is 20.0 Å². The van der Waals surface area contributed by atoms with Crippen LogP contribution < -0.4 is 0 Å². The molecular weight excluding hydrogens is 365 g/mol. The third kappa shape index (κ3) is 4.14. The molecule has 0 fully saturated rings. The molecule has 0 N–H and O–H groups in total. The van der Waals surface area contributed by atoms with Gasteiger partial charge in [-0.25, -0.2) is 9.38 Å². The molecule has 3 rings (SSSR count). The molecule has 1 aliphatic rings. The average molecular weight is 388 g/mol. The summed E-state index contributed by atoms with van der Waals surface area (Å²) in [6, 6.07) is 8.73. The van der Waals surface area contributed by atoms with Gasteiger partial charge in [0.25, 0.3) is 0 Å². The quantitative estimate of drug-likeness (QED) is 0.496. The van der Waals surface area contributed by atoms with Crippen LogP contribution in [0, 0.1) is 19.7 Å². The number of halogens is 2. The van der Waals surface area contributed by atoms with Crippen LogP contribution in [0.15, 0.2) is 40.5 Å². The lowest BCUT2D eigenvalue weighted by Gasteiger charge is -2.15. The first-order valence-electron chi connectivity index (χ1n) is 8.93. The minimum Gasteiger partial charge on any atom is -0.387 e. The molecule has 0 amide bonds. The number of aryl methyl sites for hydroxylation is 2. The van der Waals surface area contributed by atoms with E-state index in [1.165, 1.54) is 6.07 Å². The van der Waals surface area contributed by atoms with Crippen LogP contribution in [0.1, 0.15) is 41.7 Å². The van der Waals surface area contributed by atoms with Gasteiger partial charge in [-0.2, -0.15) is 0 Å². The summed E-state index contributed by atoms with van der Waals surface area (Å²) < 4.78 is 14.2. The molecule has 142 valence electrons. The van der Waals surface area contributed by atoms with Gasteiger partial charge in [-0.3, -0.25) is 0 Å². The number of hydrogen-bond acceptors (Lipinski definition) is 3. The Morgan fingerprint density at radius 1 is 1.33 bits per heavy atom. The highest BCUT2D eigenvalue weighted by Gasteiger charge is 2.28. The minimum absolute atomic E-state index is 0.259. The summed E-state index contributed by atoms with van der Waals surface area (Å²) >= 11 is 6.16. The van der Waals surface area contributed by atoms with E-state index in [1.807, 2.05) is 38.2 Å². The molecule has 1 aliphatic heterocycles. The van der Waals surface area contributed by atoms with Crippen LogP contribution in [0.4, 0.5) is 10.1 Å². The third-order valence-corrected chi connectivity index (χ3v) is 5.06. The number of benzene rings is 2. The van der Waals surface area contributed by atoms with E-state index in [0.29, 0.717) is 22.7 Å². The summed E-state index contributed by atoms with van der Waals surface area (Å²) in [5, 5.41) is 4.45. The highest BCUT2D eigenvalue weighted by atomic mass is 35.5. The third-order valence-electron chi connectivity index (χ3n) is 4.74. The lowest BCUT2D eigenvalue weighted by molar-refractivity contribution is 0.0852. The van der Waals surface area contributed by atoms with Crippen molar-refractivity contribution in [2.75, 3.05) is 13.6 Å². The Balaban J connectivity index is 1.83. The van der Waals surface area contributed by atoms with Crippen LogP contribution >= 0.6 is 11.6 Å². The molecule has 2 aromatic carbocycles. The van der Waals surface area contributed by atoms with E-state index < -0.39 is 0 Å². The molecule has 0 aliphatic carbocycles. The molecular formula is C21H23ClFN3O. The molecule has 27 heavy (non-hydrogen) atoms. The lowest BCUT2D eigenvalue weighted by Crippen LogP contribution is -2.14. The van der Waals surface area contributed by atoms with Gasteiger partial charge in [0.05, 0.1) is 28.3 Å². The fourth-order valence-electron chi connectivity index (χ4n) is 3.02. The summed E-state index contributed by atoms with van der Waals surface area (Å²) in [7, 11) is 1.99. The van der Waals surface area contributed by atoms with E-state index in [9.17, 15) is 4.39 Å². The van der Waals surface area contributed by atoms with Crippen LogP contribution in [-0.4, -0.2) is 30.5 Å². The topological polar surface area (TPSA) is 37.2 Å². The van der Waals surface area contributed by atoms with Crippen molar-refractivity contribution >= 4 is 29.3 Å². The fourth-order valence-corrected chi connectivity index (χ4v) is 3.29. The van der Waals surface area contributed by atoms with Crippen LogP contribution in [0.25, 0.3) is 0 Å². The van der Waals surface area contributed by atoms with E-state index in [2.05, 4.69) is 23.1 Å². The summed E-state index contributed by atoms with van der Waals surface area (Å²) in [4.78, 5) is 12.2. The predicted molar refractivity (Wildman–Crippen MR) is 109 cm³/mol. The maximum atomic E-state index is 14.2. The second-order valence-electron chi connectivity index (χ2n) is 6.75. The predicted octanol–water partition coefficient (Wildman–Crippen LogP) is 5.57. The Bertz CT molecular complexity index is 890. The maximum absolute atomic E-state index is 14.2. The fraction of sp³-hybridized carbons (Fsp3) is 0.333. The molecule has 0 saturated carbocycles. The molecule has 1 unspecified atom stereocenters. The highest BCUT2D eigenvalue weighted by molar-refractivity contribution is 6.34. The van der Waals surface area contributed by atoms with Crippen molar-refractivity contribution in [3.05, 3.63) is 63.4 Å². The molecule has 0 saturated heterocycles. The molecule has 0 spiro atoms. The monoisotopic (exact) mass is 387 g/mol. The summed E-state index contributed by atoms with van der Waals surface area (Å²) in [5.74, 6) is -0.386. The van der Waals surface area contributed by atoms with Gasteiger partial charge in [0.2, 0.25) is 0 Å². The zero-order valence-electron chi connectivity index (χ0n) is 16.0. The zero-order valence-corrected chi connectivity index (χ0v) is 16.7. The van der Waals surface area contributed by atoms with E-state index in [0.717, 1.165) is 28.9 Å². The first-order valence-corrected chi connectivity index (χ1v) is 9.31. The summed E-state index contributed by atoms with van der Waals surface area (Å²) in [6.45, 7) is 7.01. The Morgan fingerprint density at radius 2 is 2.11 bits per heavy atom. The molecule has 0 bridgehead atoms. The Hall–Kier alpha value is -2.40. The van der Waals surface area contributed by atoms with E-state index in [-0.39, 0.29) is 11.9 Å². The molecule has 0 aromatic heterocycles. The van der Waals surface area contributed by atoms with Crippen molar-refractivity contribution in [3.8, 4) is 0 Å². The first-order chi connectivity index (χ1) is 12.9. The van der Waals surface area contributed by atoms with Crippen LogP contribution in [0.5, 0.6) is 0 Å². The maximum Gasteiger partial charge on any atom is 0.158 e. The van der Waals surface area contributed by atoms with Gasteiger partial charge in [-0.05, 0) is 61.7 Å². The van der Waals surface area contributed by atoms with Crippen LogP contribution in [0.3, 0.4) is 0 Å². The van der Waals surface area contributed by atoms with Gasteiger partial charge in [-0.1, -0.05) is 22.8 Å². The minimum atomic E-state index is -0.386. The number of oxime groups is 1. The second-order valence-corrected chi connectivity index (χ2v) is 7.15. The van der Waals surface area contributed by atoms with E-state index in [1.54, 1.807) is 12.1 Å². The van der Waals surface area contributed by atoms with Crippen molar-refractivity contribution < 1.29 is 9.23 Å². The molecule has 4 nitrogen and oxygen atoms in total. The van der Waals surface area contributed by atoms with Crippen molar-refractivity contribution in [3.63, 3.8) is 0 Å². The molecule has 1 heterocycles. The first kappa shape index (κ1) is 19.4. The van der Waals surface area contributed by atoms with Crippen molar-refractivity contribution in [1.29, 1.82) is 0 Å². The van der Waals surface area contributed by atoms with Crippen molar-refractivity contribution in [1.82, 2.24) is 4.90 Å². The second kappa shape index (κ2) is 8.09. The molecule has 6 heteroatoms. The standard InChI is InChI=1S/C21H23ClFN3O/c1-5-26(4)12-24-18-10-13(2)15(9-14(18)3)20-11-19(25-27-20)21-16(22)7-6-8-17(21)23/h6-10,12,20H,5,11H2,1-4H3/b24-12-. The Labute approximate surface area is 164 Å². The molecule has 0 radical (unpaired) electrons. The van der Waals surface area contributed by atoms with E-state index in [4.69, 9.17) is 16.4 Å². The Morgan fingerprint density at radius 3 is 2.81 bits per heavy atom. The van der Waals surface area contributed by atoms with Gasteiger partial charge in [0.1, 0.15) is 5.82 Å². The van der Waals surface area contributed by atoms with Crippen molar-refractivity contribution in [2.24, 2.45) is 10.1 Å². The van der Waals surface area contributed by atoms with Gasteiger partial charge >= 0.3 is 0 Å². The smallest absolute Gasteiger partial charge is 0.158 e. The zero-order chi connectivity index (χ0) is 19.6. The lowest BCUT2D eigenvalue weighted by atomic mass is 9.95. The normalized spacial score (nSPS) is 16.5. The number of hydrogen-bond donors (Lipinski definition) is 0. The highest BCUT2D eigenvalue weighted by Crippen LogP contribution is 2.36.